The highest BCUT2D eigenvalue weighted by atomic mass is 35.5. The average molecular weight is 457 g/mol. The Bertz CT molecular complexity index is 950. The summed E-state index contributed by atoms with van der Waals surface area (Å²) in [6.07, 6.45) is -0.255. The van der Waals surface area contributed by atoms with Crippen LogP contribution in [0.4, 0.5) is 0 Å². The first-order valence-corrected chi connectivity index (χ1v) is 13.2. The Morgan fingerprint density at radius 2 is 1.20 bits per heavy atom. The SMILES string of the molecule is CN1[C@H](c2ccccc2)[C@@H](c2ccccc2)N(C)P1(=S)O[C@H](CCl)c1ccccc1. The monoisotopic (exact) mass is 456 g/mol. The minimum absolute atomic E-state index is 0.0937. The lowest BCUT2D eigenvalue weighted by molar-refractivity contribution is 0.224. The molecule has 1 aliphatic heterocycles. The number of halogens is 1. The van der Waals surface area contributed by atoms with Gasteiger partial charge in [-0.15, -0.1) is 11.6 Å². The van der Waals surface area contributed by atoms with Crippen molar-refractivity contribution in [3.05, 3.63) is 108 Å². The van der Waals surface area contributed by atoms with Gasteiger partial charge in [0.15, 0.2) is 0 Å². The summed E-state index contributed by atoms with van der Waals surface area (Å²) in [6.45, 7) is -2.52. The Balaban J connectivity index is 1.76. The van der Waals surface area contributed by atoms with Crippen LogP contribution in [0, 0.1) is 0 Å². The minimum atomic E-state index is -2.52. The second kappa shape index (κ2) is 9.32. The topological polar surface area (TPSA) is 15.7 Å². The van der Waals surface area contributed by atoms with Crippen LogP contribution in [-0.4, -0.2) is 29.3 Å². The van der Waals surface area contributed by atoms with E-state index in [9.17, 15) is 0 Å². The summed E-state index contributed by atoms with van der Waals surface area (Å²) >= 11 is 12.6. The maximum absolute atomic E-state index is 6.71. The second-order valence-corrected chi connectivity index (χ2v) is 11.7. The van der Waals surface area contributed by atoms with Gasteiger partial charge >= 0.3 is 0 Å². The van der Waals surface area contributed by atoms with Gasteiger partial charge in [-0.1, -0.05) is 91.0 Å². The fourth-order valence-corrected chi connectivity index (χ4v) is 7.87. The van der Waals surface area contributed by atoms with Crippen LogP contribution in [0.1, 0.15) is 34.9 Å². The van der Waals surface area contributed by atoms with Crippen LogP contribution in [0.5, 0.6) is 0 Å². The van der Waals surface area contributed by atoms with Crippen LogP contribution in [0.2, 0.25) is 0 Å². The summed E-state index contributed by atoms with van der Waals surface area (Å²) < 4.78 is 11.2. The van der Waals surface area contributed by atoms with Crippen molar-refractivity contribution in [1.29, 1.82) is 0 Å². The van der Waals surface area contributed by atoms with E-state index in [4.69, 9.17) is 27.9 Å². The molecule has 30 heavy (non-hydrogen) atoms. The number of nitrogens with zero attached hydrogens (tertiary/aromatic N) is 2. The van der Waals surface area contributed by atoms with Crippen molar-refractivity contribution < 1.29 is 4.52 Å². The van der Waals surface area contributed by atoms with E-state index < -0.39 is 6.57 Å². The summed E-state index contributed by atoms with van der Waals surface area (Å²) in [5, 5.41) is 0. The molecule has 0 aromatic heterocycles. The van der Waals surface area contributed by atoms with E-state index >= 15 is 0 Å². The van der Waals surface area contributed by atoms with Crippen molar-refractivity contribution in [2.24, 2.45) is 0 Å². The van der Waals surface area contributed by atoms with Crippen molar-refractivity contribution >= 4 is 30.0 Å². The van der Waals surface area contributed by atoms with E-state index in [1.54, 1.807) is 0 Å². The number of hydrogen-bond acceptors (Lipinski definition) is 2. The Morgan fingerprint density at radius 3 is 1.60 bits per heavy atom. The zero-order valence-corrected chi connectivity index (χ0v) is 19.6. The number of hydrogen-bond donors (Lipinski definition) is 0. The minimum Gasteiger partial charge on any atom is -0.317 e. The van der Waals surface area contributed by atoms with E-state index in [1.807, 2.05) is 42.5 Å². The first-order chi connectivity index (χ1) is 14.6. The van der Waals surface area contributed by atoms with E-state index in [1.165, 1.54) is 11.1 Å². The molecule has 3 nitrogen and oxygen atoms in total. The molecule has 3 atom stereocenters. The zero-order valence-electron chi connectivity index (χ0n) is 17.1. The Morgan fingerprint density at radius 1 is 0.800 bits per heavy atom. The van der Waals surface area contributed by atoms with Crippen molar-refractivity contribution in [1.82, 2.24) is 9.34 Å². The van der Waals surface area contributed by atoms with Gasteiger partial charge in [-0.3, -0.25) is 0 Å². The van der Waals surface area contributed by atoms with Crippen LogP contribution in [-0.2, 0) is 16.3 Å². The van der Waals surface area contributed by atoms with Gasteiger partial charge in [-0.2, -0.15) is 0 Å². The lowest BCUT2D eigenvalue weighted by Gasteiger charge is -2.34. The zero-order chi connectivity index (χ0) is 21.1. The molecule has 0 radical (unpaired) electrons. The van der Waals surface area contributed by atoms with Gasteiger partial charge in [-0.25, -0.2) is 9.34 Å². The summed E-state index contributed by atoms with van der Waals surface area (Å²) in [6, 6.07) is 31.4. The van der Waals surface area contributed by atoms with Gasteiger partial charge < -0.3 is 4.52 Å². The smallest absolute Gasteiger partial charge is 0.204 e. The lowest BCUT2D eigenvalue weighted by atomic mass is 9.93. The molecule has 1 saturated heterocycles. The summed E-state index contributed by atoms with van der Waals surface area (Å²) in [4.78, 5) is 0. The third-order valence-corrected chi connectivity index (χ3v) is 10.5. The first-order valence-electron chi connectivity index (χ1n) is 10.0. The summed E-state index contributed by atoms with van der Waals surface area (Å²) in [5.74, 6) is 0.357. The van der Waals surface area contributed by atoms with Gasteiger partial charge in [0.1, 0.15) is 6.10 Å². The van der Waals surface area contributed by atoms with Gasteiger partial charge in [0.05, 0.1) is 18.0 Å². The van der Waals surface area contributed by atoms with E-state index in [0.717, 1.165) is 5.56 Å². The molecule has 0 bridgehead atoms. The van der Waals surface area contributed by atoms with Crippen molar-refractivity contribution in [3.63, 3.8) is 0 Å². The van der Waals surface area contributed by atoms with Crippen molar-refractivity contribution in [2.75, 3.05) is 20.0 Å². The molecular formula is C24H26ClN2OPS. The van der Waals surface area contributed by atoms with Crippen molar-refractivity contribution in [2.45, 2.75) is 18.2 Å². The van der Waals surface area contributed by atoms with Crippen molar-refractivity contribution in [3.8, 4) is 0 Å². The molecule has 3 aromatic carbocycles. The lowest BCUT2D eigenvalue weighted by Crippen LogP contribution is -2.20. The maximum Gasteiger partial charge on any atom is 0.204 e. The molecule has 156 valence electrons. The number of benzene rings is 3. The molecule has 3 aromatic rings. The first kappa shape index (κ1) is 21.7. The number of likely N-dealkylation sites (N-methyl/N-ethyl adjacent to an activating group) is 2. The molecule has 0 unspecified atom stereocenters. The fraction of sp³-hybridized carbons (Fsp3) is 0.250. The van der Waals surface area contributed by atoms with Crippen LogP contribution in [0.25, 0.3) is 0 Å². The average Bonchev–Trinajstić information content (AvgIpc) is 3.00. The predicted octanol–water partition coefficient (Wildman–Crippen LogP) is 6.57. The van der Waals surface area contributed by atoms with E-state index in [2.05, 4.69) is 72.0 Å². The highest BCUT2D eigenvalue weighted by molar-refractivity contribution is 8.10. The predicted molar refractivity (Wildman–Crippen MR) is 129 cm³/mol. The van der Waals surface area contributed by atoms with E-state index in [0.29, 0.717) is 5.88 Å². The normalized spacial score (nSPS) is 22.8. The maximum atomic E-state index is 6.71. The van der Waals surface area contributed by atoms with Gasteiger partial charge in [0.2, 0.25) is 6.57 Å². The molecule has 0 saturated carbocycles. The molecular weight excluding hydrogens is 431 g/mol. The van der Waals surface area contributed by atoms with Gasteiger partial charge in [-0.05, 0) is 42.6 Å². The van der Waals surface area contributed by atoms with Crippen LogP contribution < -0.4 is 0 Å². The molecule has 0 spiro atoms. The Hall–Kier alpha value is -1.52. The number of alkyl halides is 1. The Kier molecular flexibility index (Phi) is 6.74. The van der Waals surface area contributed by atoms with Crippen LogP contribution in [0.15, 0.2) is 91.0 Å². The molecule has 0 N–H and O–H groups in total. The second-order valence-electron chi connectivity index (χ2n) is 7.51. The highest BCUT2D eigenvalue weighted by Gasteiger charge is 2.51. The molecule has 4 rings (SSSR count). The Labute approximate surface area is 189 Å². The van der Waals surface area contributed by atoms with E-state index in [-0.39, 0.29) is 18.2 Å². The molecule has 1 heterocycles. The van der Waals surface area contributed by atoms with Crippen LogP contribution in [0.3, 0.4) is 0 Å². The molecule has 6 heteroatoms. The molecule has 0 amide bonds. The molecule has 1 aliphatic rings. The molecule has 0 aliphatic carbocycles. The standard InChI is InChI=1S/C24H26ClN2OPS/c1-26-23(20-14-8-4-9-15-20)24(21-16-10-5-11-17-21)27(2)29(26,30)28-22(18-25)19-12-6-3-7-13-19/h3-17,22-24H,18H2,1-2H3/t22-,23-,24-/m1/s1. The van der Waals surface area contributed by atoms with Crippen LogP contribution >= 0.6 is 18.2 Å². The van der Waals surface area contributed by atoms with Gasteiger partial charge in [0.25, 0.3) is 0 Å². The largest absolute Gasteiger partial charge is 0.317 e. The van der Waals surface area contributed by atoms with Gasteiger partial charge in [0, 0.05) is 0 Å². The fourth-order valence-electron chi connectivity index (χ4n) is 4.20. The quantitative estimate of drug-likeness (QED) is 0.308. The summed E-state index contributed by atoms with van der Waals surface area (Å²) in [7, 11) is 4.18. The third kappa shape index (κ3) is 4.01. The third-order valence-electron chi connectivity index (χ3n) is 5.76. The number of rotatable bonds is 6. The highest BCUT2D eigenvalue weighted by Crippen LogP contribution is 2.70. The molecule has 1 fully saturated rings. The summed E-state index contributed by atoms with van der Waals surface area (Å²) in [5.41, 5.74) is 3.52.